The molecule has 0 bridgehead atoms. The van der Waals surface area contributed by atoms with Crippen LogP contribution in [0.3, 0.4) is 0 Å². The van der Waals surface area contributed by atoms with E-state index in [9.17, 15) is 4.79 Å². The molecule has 0 saturated carbocycles. The van der Waals surface area contributed by atoms with Crippen LogP contribution in [0.4, 0.5) is 0 Å². The van der Waals surface area contributed by atoms with Gasteiger partial charge < -0.3 is 14.1 Å². The lowest BCUT2D eigenvalue weighted by molar-refractivity contribution is 0.0520. The number of nitrogens with one attached hydrogen (secondary N) is 1. The summed E-state index contributed by atoms with van der Waals surface area (Å²) < 4.78 is 7.02. The second-order valence-corrected chi connectivity index (χ2v) is 6.15. The fourth-order valence-corrected chi connectivity index (χ4v) is 2.33. The Morgan fingerprint density at radius 1 is 1.43 bits per heavy atom. The Hall–Kier alpha value is -2.30. The van der Waals surface area contributed by atoms with Crippen LogP contribution in [0.5, 0.6) is 0 Å². The molecule has 0 radical (unpaired) electrons. The third kappa shape index (κ3) is 2.28. The Morgan fingerprint density at radius 2 is 2.19 bits per heavy atom. The number of aromatic amines is 1. The monoisotopic (exact) mass is 285 g/mol. The van der Waals surface area contributed by atoms with Gasteiger partial charge in [-0.15, -0.1) is 0 Å². The summed E-state index contributed by atoms with van der Waals surface area (Å²) in [5, 5.41) is 0.927. The number of rotatable bonds is 2. The van der Waals surface area contributed by atoms with E-state index >= 15 is 0 Å². The molecule has 0 spiro atoms. The maximum absolute atomic E-state index is 11.8. The molecule has 0 unspecified atom stereocenters. The van der Waals surface area contributed by atoms with Crippen molar-refractivity contribution >= 4 is 22.5 Å². The quantitative estimate of drug-likeness (QED) is 0.735. The van der Waals surface area contributed by atoms with Gasteiger partial charge in [-0.3, -0.25) is 0 Å². The van der Waals surface area contributed by atoms with Crippen LogP contribution in [0, 0.1) is 0 Å². The predicted molar refractivity (Wildman–Crippen MR) is 81.7 cm³/mol. The zero-order valence-electron chi connectivity index (χ0n) is 12.7. The smallest absolute Gasteiger partial charge is 0.354 e. The van der Waals surface area contributed by atoms with Gasteiger partial charge in [0.15, 0.2) is 0 Å². The lowest BCUT2D eigenvalue weighted by Crippen LogP contribution is -2.11. The fraction of sp³-hybridized carbons (Fsp3) is 0.375. The number of carbonyl (C=O) groups excluding carboxylic acids is 1. The van der Waals surface area contributed by atoms with Crippen LogP contribution in [0.25, 0.3) is 16.6 Å². The molecule has 21 heavy (non-hydrogen) atoms. The molecule has 3 aromatic rings. The van der Waals surface area contributed by atoms with Crippen molar-refractivity contribution in [3.05, 3.63) is 35.9 Å². The van der Waals surface area contributed by atoms with Crippen LogP contribution in [-0.2, 0) is 10.2 Å². The van der Waals surface area contributed by atoms with Crippen molar-refractivity contribution in [3.63, 3.8) is 0 Å². The highest BCUT2D eigenvalue weighted by Crippen LogP contribution is 2.26. The molecule has 0 fully saturated rings. The van der Waals surface area contributed by atoms with E-state index in [0.29, 0.717) is 12.3 Å². The maximum Gasteiger partial charge on any atom is 0.354 e. The van der Waals surface area contributed by atoms with E-state index < -0.39 is 0 Å². The first-order chi connectivity index (χ1) is 9.90. The van der Waals surface area contributed by atoms with E-state index in [4.69, 9.17) is 9.72 Å². The number of esters is 1. The summed E-state index contributed by atoms with van der Waals surface area (Å²) in [7, 11) is 0. The Morgan fingerprint density at radius 3 is 2.86 bits per heavy atom. The van der Waals surface area contributed by atoms with Gasteiger partial charge >= 0.3 is 5.97 Å². The molecule has 0 saturated heterocycles. The molecule has 0 aliphatic heterocycles. The molecular weight excluding hydrogens is 266 g/mol. The van der Waals surface area contributed by atoms with Crippen molar-refractivity contribution in [2.45, 2.75) is 33.1 Å². The van der Waals surface area contributed by atoms with Crippen molar-refractivity contribution in [2.24, 2.45) is 0 Å². The van der Waals surface area contributed by atoms with Gasteiger partial charge in [0.25, 0.3) is 0 Å². The van der Waals surface area contributed by atoms with Gasteiger partial charge in [0.05, 0.1) is 17.8 Å². The molecule has 110 valence electrons. The first kappa shape index (κ1) is 13.7. The third-order valence-electron chi connectivity index (χ3n) is 3.49. The van der Waals surface area contributed by atoms with E-state index in [2.05, 4.69) is 25.8 Å². The number of imidazole rings is 1. The second kappa shape index (κ2) is 4.62. The van der Waals surface area contributed by atoms with Crippen molar-refractivity contribution in [1.29, 1.82) is 0 Å². The minimum Gasteiger partial charge on any atom is -0.461 e. The maximum atomic E-state index is 11.8. The van der Waals surface area contributed by atoms with Crippen LogP contribution in [-0.4, -0.2) is 26.9 Å². The summed E-state index contributed by atoms with van der Waals surface area (Å²) >= 11 is 0. The minimum atomic E-state index is -0.338. The van der Waals surface area contributed by atoms with Crippen LogP contribution in [0.2, 0.25) is 0 Å². The zero-order valence-corrected chi connectivity index (χ0v) is 12.7. The first-order valence-electron chi connectivity index (χ1n) is 7.08. The van der Waals surface area contributed by atoms with Gasteiger partial charge in [-0.1, -0.05) is 20.8 Å². The molecule has 3 aromatic heterocycles. The van der Waals surface area contributed by atoms with Gasteiger partial charge in [0.2, 0.25) is 0 Å². The second-order valence-electron chi connectivity index (χ2n) is 6.15. The summed E-state index contributed by atoms with van der Waals surface area (Å²) in [4.78, 5) is 19.6. The lowest BCUT2D eigenvalue weighted by atomic mass is 9.93. The standard InChI is InChI=1S/C16H19N3O2/c1-5-21-15(20)12-8-10-11(17-12)6-7-19-9-13(16(2,3)4)18-14(10)19/h6-9,17H,5H2,1-4H3. The molecule has 3 heterocycles. The van der Waals surface area contributed by atoms with Crippen molar-refractivity contribution in [1.82, 2.24) is 14.4 Å². The summed E-state index contributed by atoms with van der Waals surface area (Å²) in [6, 6.07) is 3.75. The molecule has 0 atom stereocenters. The first-order valence-corrected chi connectivity index (χ1v) is 7.08. The topological polar surface area (TPSA) is 59.4 Å². The predicted octanol–water partition coefficient (Wildman–Crippen LogP) is 3.29. The summed E-state index contributed by atoms with van der Waals surface area (Å²) in [5.41, 5.74) is 3.20. The Labute approximate surface area is 122 Å². The Bertz CT molecular complexity index is 821. The van der Waals surface area contributed by atoms with Crippen LogP contribution in [0.15, 0.2) is 24.5 Å². The summed E-state index contributed by atoms with van der Waals surface area (Å²) in [5.74, 6) is -0.338. The molecule has 0 aliphatic rings. The van der Waals surface area contributed by atoms with E-state index in [-0.39, 0.29) is 11.4 Å². The number of pyridine rings is 1. The van der Waals surface area contributed by atoms with E-state index in [1.807, 2.05) is 28.9 Å². The van der Waals surface area contributed by atoms with E-state index in [1.54, 1.807) is 6.92 Å². The average molecular weight is 285 g/mol. The van der Waals surface area contributed by atoms with Gasteiger partial charge in [-0.05, 0) is 19.1 Å². The highest BCUT2D eigenvalue weighted by molar-refractivity contribution is 6.00. The molecular formula is C16H19N3O2. The van der Waals surface area contributed by atoms with E-state index in [0.717, 1.165) is 22.2 Å². The number of nitrogens with zero attached hydrogens (tertiary/aromatic N) is 2. The van der Waals surface area contributed by atoms with Gasteiger partial charge in [-0.2, -0.15) is 0 Å². The van der Waals surface area contributed by atoms with Crippen LogP contribution >= 0.6 is 0 Å². The number of fused-ring (bicyclic) bond motifs is 3. The van der Waals surface area contributed by atoms with Gasteiger partial charge in [0.1, 0.15) is 11.3 Å². The Kier molecular flexibility index (Phi) is 3.01. The number of aromatic nitrogens is 3. The number of hydrogen-bond acceptors (Lipinski definition) is 3. The van der Waals surface area contributed by atoms with Gasteiger partial charge in [0, 0.05) is 23.2 Å². The molecule has 0 aromatic carbocycles. The zero-order chi connectivity index (χ0) is 15.2. The molecule has 0 amide bonds. The summed E-state index contributed by atoms with van der Waals surface area (Å²) in [6.45, 7) is 8.55. The molecule has 1 N–H and O–H groups in total. The number of hydrogen-bond donors (Lipinski definition) is 1. The van der Waals surface area contributed by atoms with Crippen molar-refractivity contribution < 1.29 is 9.53 Å². The lowest BCUT2D eigenvalue weighted by Gasteiger charge is -2.13. The average Bonchev–Trinajstić information content (AvgIpc) is 3.01. The number of carbonyl (C=O) groups is 1. The SMILES string of the molecule is CCOC(=O)c1cc2c(ccn3cc(C(C)(C)C)nc23)[nH]1. The number of ether oxygens (including phenoxy) is 1. The number of H-pyrrole nitrogens is 1. The van der Waals surface area contributed by atoms with Crippen LogP contribution in [0.1, 0.15) is 43.9 Å². The molecule has 5 nitrogen and oxygen atoms in total. The summed E-state index contributed by atoms with van der Waals surface area (Å²) in [6.07, 6.45) is 3.98. The Balaban J connectivity index is 2.18. The normalized spacial score (nSPS) is 12.2. The van der Waals surface area contributed by atoms with Crippen molar-refractivity contribution in [2.75, 3.05) is 6.61 Å². The molecule has 0 aliphatic carbocycles. The molecule has 3 rings (SSSR count). The highest BCUT2D eigenvalue weighted by Gasteiger charge is 2.19. The van der Waals surface area contributed by atoms with Crippen molar-refractivity contribution in [3.8, 4) is 0 Å². The minimum absolute atomic E-state index is 0.0153. The van der Waals surface area contributed by atoms with Gasteiger partial charge in [-0.25, -0.2) is 9.78 Å². The third-order valence-corrected chi connectivity index (χ3v) is 3.49. The molecule has 5 heteroatoms. The highest BCUT2D eigenvalue weighted by atomic mass is 16.5. The largest absolute Gasteiger partial charge is 0.461 e. The van der Waals surface area contributed by atoms with Crippen LogP contribution < -0.4 is 0 Å². The fourth-order valence-electron chi connectivity index (χ4n) is 2.33. The van der Waals surface area contributed by atoms with E-state index in [1.165, 1.54) is 0 Å².